The van der Waals surface area contributed by atoms with Crippen LogP contribution < -0.4 is 5.32 Å². The lowest BCUT2D eigenvalue weighted by molar-refractivity contribution is 0.128. The fourth-order valence-electron chi connectivity index (χ4n) is 1.93. The molecule has 0 saturated heterocycles. The Bertz CT molecular complexity index is 319. The molecule has 16 heavy (non-hydrogen) atoms. The summed E-state index contributed by atoms with van der Waals surface area (Å²) in [6, 6.07) is 0.00346. The second-order valence-electron chi connectivity index (χ2n) is 4.05. The summed E-state index contributed by atoms with van der Waals surface area (Å²) in [5.41, 5.74) is 1.29. The first kappa shape index (κ1) is 12.0. The van der Waals surface area contributed by atoms with Crippen LogP contribution in [0.1, 0.15) is 22.0 Å². The minimum absolute atomic E-state index is 0.00346. The highest BCUT2D eigenvalue weighted by Gasteiger charge is 2.17. The van der Waals surface area contributed by atoms with Crippen LogP contribution in [0, 0.1) is 0 Å². The Hall–Kier alpha value is -0.490. The number of thiazole rings is 1. The van der Waals surface area contributed by atoms with E-state index < -0.39 is 0 Å². The van der Waals surface area contributed by atoms with E-state index in [9.17, 15) is 0 Å². The van der Waals surface area contributed by atoms with Crippen LogP contribution in [0.4, 0.5) is 0 Å². The number of aryl methyl sites for hydroxylation is 2. The predicted octanol–water partition coefficient (Wildman–Crippen LogP) is 0.729. The van der Waals surface area contributed by atoms with E-state index in [-0.39, 0.29) is 12.6 Å². The van der Waals surface area contributed by atoms with Gasteiger partial charge in [0.15, 0.2) is 0 Å². The van der Waals surface area contributed by atoms with Crippen molar-refractivity contribution in [1.29, 1.82) is 0 Å². The van der Waals surface area contributed by atoms with Gasteiger partial charge in [0.05, 0.1) is 24.9 Å². The van der Waals surface area contributed by atoms with E-state index in [0.717, 1.165) is 18.0 Å². The van der Waals surface area contributed by atoms with E-state index >= 15 is 0 Å². The molecule has 1 aromatic rings. The number of aliphatic hydroxyl groups excluding tert-OH is 1. The SMILES string of the molecule is COC[C@H](CO)NCc1nc2c(s1)CCC2. The Morgan fingerprint density at radius 3 is 3.12 bits per heavy atom. The Morgan fingerprint density at radius 2 is 2.44 bits per heavy atom. The fourth-order valence-corrected chi connectivity index (χ4v) is 3.04. The van der Waals surface area contributed by atoms with Gasteiger partial charge in [-0.05, 0) is 19.3 Å². The smallest absolute Gasteiger partial charge is 0.107 e. The van der Waals surface area contributed by atoms with Gasteiger partial charge in [0.1, 0.15) is 5.01 Å². The number of aromatic nitrogens is 1. The number of nitrogens with zero attached hydrogens (tertiary/aromatic N) is 1. The molecular weight excluding hydrogens is 224 g/mol. The number of hydrogen-bond donors (Lipinski definition) is 2. The molecule has 4 nitrogen and oxygen atoms in total. The molecule has 0 unspecified atom stereocenters. The highest BCUT2D eigenvalue weighted by atomic mass is 32.1. The second-order valence-corrected chi connectivity index (χ2v) is 5.21. The van der Waals surface area contributed by atoms with Gasteiger partial charge in [0.2, 0.25) is 0 Å². The molecule has 5 heteroatoms. The van der Waals surface area contributed by atoms with E-state index in [1.54, 1.807) is 18.4 Å². The van der Waals surface area contributed by atoms with Crippen LogP contribution >= 0.6 is 11.3 Å². The Morgan fingerprint density at radius 1 is 1.56 bits per heavy atom. The van der Waals surface area contributed by atoms with Crippen LogP contribution in [0.2, 0.25) is 0 Å². The molecule has 90 valence electrons. The summed E-state index contributed by atoms with van der Waals surface area (Å²) in [5, 5.41) is 13.5. The van der Waals surface area contributed by atoms with Crippen molar-refractivity contribution in [2.24, 2.45) is 0 Å². The predicted molar refractivity (Wildman–Crippen MR) is 63.7 cm³/mol. The maximum absolute atomic E-state index is 9.09. The molecule has 1 atom stereocenters. The van der Waals surface area contributed by atoms with E-state index in [4.69, 9.17) is 9.84 Å². The van der Waals surface area contributed by atoms with Gasteiger partial charge in [-0.2, -0.15) is 0 Å². The minimum Gasteiger partial charge on any atom is -0.395 e. The normalized spacial score (nSPS) is 16.4. The Kier molecular flexibility index (Phi) is 4.29. The molecule has 0 spiro atoms. The van der Waals surface area contributed by atoms with Gasteiger partial charge in [-0.15, -0.1) is 11.3 Å². The van der Waals surface area contributed by atoms with Crippen molar-refractivity contribution in [2.45, 2.75) is 31.8 Å². The van der Waals surface area contributed by atoms with Gasteiger partial charge in [0, 0.05) is 18.5 Å². The van der Waals surface area contributed by atoms with Crippen LogP contribution in [0.5, 0.6) is 0 Å². The van der Waals surface area contributed by atoms with Gasteiger partial charge in [-0.3, -0.25) is 0 Å². The maximum Gasteiger partial charge on any atom is 0.107 e. The lowest BCUT2D eigenvalue weighted by Crippen LogP contribution is -2.35. The average Bonchev–Trinajstić information content (AvgIpc) is 2.84. The molecule has 0 saturated carbocycles. The highest BCUT2D eigenvalue weighted by Crippen LogP contribution is 2.27. The Balaban J connectivity index is 1.84. The van der Waals surface area contributed by atoms with Crippen LogP contribution in [-0.4, -0.2) is 36.5 Å². The summed E-state index contributed by atoms with van der Waals surface area (Å²) in [4.78, 5) is 6.04. The standard InChI is InChI=1S/C11H18N2O2S/c1-15-7-8(6-14)12-5-11-13-9-3-2-4-10(9)16-11/h8,12,14H,2-7H2,1H3/t8-/m0/s1. The molecule has 1 aliphatic rings. The first-order chi connectivity index (χ1) is 7.83. The zero-order valence-electron chi connectivity index (χ0n) is 9.53. The molecule has 0 radical (unpaired) electrons. The summed E-state index contributed by atoms with van der Waals surface area (Å²) in [6.45, 7) is 1.35. The van der Waals surface area contributed by atoms with Gasteiger partial charge in [0.25, 0.3) is 0 Å². The summed E-state index contributed by atoms with van der Waals surface area (Å²) in [7, 11) is 1.64. The van der Waals surface area contributed by atoms with E-state index in [0.29, 0.717) is 6.61 Å². The molecule has 1 aliphatic carbocycles. The Labute approximate surface area is 99.7 Å². The molecule has 0 bridgehead atoms. The van der Waals surface area contributed by atoms with Crippen LogP contribution in [0.25, 0.3) is 0 Å². The third kappa shape index (κ3) is 2.79. The molecule has 0 aromatic carbocycles. The molecule has 1 aromatic heterocycles. The zero-order chi connectivity index (χ0) is 11.4. The number of aliphatic hydroxyl groups is 1. The average molecular weight is 242 g/mol. The fraction of sp³-hybridized carbons (Fsp3) is 0.727. The molecule has 2 rings (SSSR count). The molecule has 2 N–H and O–H groups in total. The van der Waals surface area contributed by atoms with Crippen molar-refractivity contribution in [2.75, 3.05) is 20.3 Å². The van der Waals surface area contributed by atoms with E-state index in [1.807, 2.05) is 0 Å². The lowest BCUT2D eigenvalue weighted by atomic mass is 10.3. The topological polar surface area (TPSA) is 54.4 Å². The van der Waals surface area contributed by atoms with Gasteiger partial charge < -0.3 is 15.2 Å². The van der Waals surface area contributed by atoms with Crippen LogP contribution in [0.3, 0.4) is 0 Å². The number of nitrogens with one attached hydrogen (secondary N) is 1. The molecule has 1 heterocycles. The third-order valence-corrected chi connectivity index (χ3v) is 3.93. The first-order valence-electron chi connectivity index (χ1n) is 5.64. The monoisotopic (exact) mass is 242 g/mol. The van der Waals surface area contributed by atoms with Crippen molar-refractivity contribution < 1.29 is 9.84 Å². The summed E-state index contributed by atoms with van der Waals surface area (Å²) in [6.07, 6.45) is 3.58. The summed E-state index contributed by atoms with van der Waals surface area (Å²) < 4.78 is 5.01. The third-order valence-electron chi connectivity index (χ3n) is 2.77. The van der Waals surface area contributed by atoms with Crippen molar-refractivity contribution in [3.63, 3.8) is 0 Å². The van der Waals surface area contributed by atoms with E-state index in [2.05, 4.69) is 10.3 Å². The van der Waals surface area contributed by atoms with Crippen molar-refractivity contribution in [3.8, 4) is 0 Å². The summed E-state index contributed by atoms with van der Waals surface area (Å²) >= 11 is 1.80. The van der Waals surface area contributed by atoms with E-state index in [1.165, 1.54) is 23.4 Å². The first-order valence-corrected chi connectivity index (χ1v) is 6.45. The molecule has 0 fully saturated rings. The zero-order valence-corrected chi connectivity index (χ0v) is 10.3. The maximum atomic E-state index is 9.09. The quantitative estimate of drug-likeness (QED) is 0.772. The second kappa shape index (κ2) is 5.72. The van der Waals surface area contributed by atoms with Crippen LogP contribution in [0.15, 0.2) is 0 Å². The molecule has 0 amide bonds. The van der Waals surface area contributed by atoms with Crippen molar-refractivity contribution >= 4 is 11.3 Å². The minimum atomic E-state index is 0.00346. The number of rotatable bonds is 6. The lowest BCUT2D eigenvalue weighted by Gasteiger charge is -2.13. The largest absolute Gasteiger partial charge is 0.395 e. The highest BCUT2D eigenvalue weighted by molar-refractivity contribution is 7.11. The van der Waals surface area contributed by atoms with Crippen molar-refractivity contribution in [3.05, 3.63) is 15.6 Å². The molecule has 0 aliphatic heterocycles. The van der Waals surface area contributed by atoms with Crippen LogP contribution in [-0.2, 0) is 24.1 Å². The summed E-state index contributed by atoms with van der Waals surface area (Å²) in [5.74, 6) is 0. The van der Waals surface area contributed by atoms with Gasteiger partial charge >= 0.3 is 0 Å². The molecular formula is C11H18N2O2S. The van der Waals surface area contributed by atoms with Crippen molar-refractivity contribution in [1.82, 2.24) is 10.3 Å². The number of ether oxygens (including phenoxy) is 1. The number of methoxy groups -OCH3 is 1. The number of hydrogen-bond acceptors (Lipinski definition) is 5. The van der Waals surface area contributed by atoms with Gasteiger partial charge in [-0.25, -0.2) is 4.98 Å². The van der Waals surface area contributed by atoms with Gasteiger partial charge in [-0.1, -0.05) is 0 Å². The number of fused-ring (bicyclic) bond motifs is 1.